The number of fused-ring (bicyclic) bond motifs is 1. The Kier molecular flexibility index (Phi) is 5.67. The van der Waals surface area contributed by atoms with E-state index in [0.717, 1.165) is 16.8 Å². The molecule has 148 valence electrons. The molecule has 1 N–H and O–H groups in total. The van der Waals surface area contributed by atoms with Gasteiger partial charge in [0.25, 0.3) is 5.91 Å². The molecular formula is C22H22N4O3. The number of nitrogens with zero attached hydrogens (tertiary/aromatic N) is 3. The zero-order chi connectivity index (χ0) is 20.1. The summed E-state index contributed by atoms with van der Waals surface area (Å²) >= 11 is 0. The minimum Gasteiger partial charge on any atom is -0.441 e. The molecule has 4 rings (SSSR count). The molecule has 4 aromatic rings. The summed E-state index contributed by atoms with van der Waals surface area (Å²) in [7, 11) is 1.64. The molecule has 0 aliphatic heterocycles. The maximum absolute atomic E-state index is 12.5. The lowest BCUT2D eigenvalue weighted by Crippen LogP contribution is -2.25. The van der Waals surface area contributed by atoms with Gasteiger partial charge in [0.2, 0.25) is 0 Å². The minimum absolute atomic E-state index is 0.141. The number of hydrogen-bond donors (Lipinski definition) is 1. The molecule has 1 amide bonds. The second-order valence-electron chi connectivity index (χ2n) is 6.67. The van der Waals surface area contributed by atoms with E-state index in [1.165, 1.54) is 0 Å². The van der Waals surface area contributed by atoms with Crippen LogP contribution in [0.25, 0.3) is 16.8 Å². The molecule has 29 heavy (non-hydrogen) atoms. The Hall–Kier alpha value is -3.45. The number of carbonyl (C=O) groups excluding carboxylic acids is 1. The largest absolute Gasteiger partial charge is 0.441 e. The zero-order valence-corrected chi connectivity index (χ0v) is 16.2. The summed E-state index contributed by atoms with van der Waals surface area (Å²) in [6, 6.07) is 15.2. The maximum atomic E-state index is 12.5. The molecule has 0 atom stereocenters. The first-order valence-corrected chi connectivity index (χ1v) is 9.48. The van der Waals surface area contributed by atoms with Gasteiger partial charge in [-0.25, -0.2) is 9.67 Å². The van der Waals surface area contributed by atoms with Crippen molar-refractivity contribution in [1.29, 1.82) is 0 Å². The van der Waals surface area contributed by atoms with Gasteiger partial charge in [0.1, 0.15) is 5.52 Å². The Balaban J connectivity index is 1.34. The number of para-hydroxylation sites is 1. The Morgan fingerprint density at radius 2 is 2.03 bits per heavy atom. The van der Waals surface area contributed by atoms with Crippen molar-refractivity contribution >= 4 is 17.0 Å². The number of aromatic nitrogens is 3. The van der Waals surface area contributed by atoms with Crippen molar-refractivity contribution in [2.45, 2.75) is 12.8 Å². The number of carbonyl (C=O) groups is 1. The maximum Gasteiger partial charge on any atom is 0.251 e. The van der Waals surface area contributed by atoms with Crippen LogP contribution in [0.5, 0.6) is 0 Å². The number of nitrogens with one attached hydrogen (secondary N) is 1. The highest BCUT2D eigenvalue weighted by Crippen LogP contribution is 2.18. The number of methoxy groups -OCH3 is 1. The molecule has 7 nitrogen and oxygen atoms in total. The Bertz CT molecular complexity index is 1100. The predicted octanol–water partition coefficient (Wildman–Crippen LogP) is 3.17. The highest BCUT2D eigenvalue weighted by atomic mass is 16.5. The van der Waals surface area contributed by atoms with Crippen LogP contribution >= 0.6 is 0 Å². The van der Waals surface area contributed by atoms with Crippen molar-refractivity contribution < 1.29 is 13.9 Å². The molecule has 0 fully saturated rings. The van der Waals surface area contributed by atoms with Gasteiger partial charge >= 0.3 is 0 Å². The van der Waals surface area contributed by atoms with Crippen molar-refractivity contribution in [3.8, 4) is 5.69 Å². The Labute approximate surface area is 168 Å². The lowest BCUT2D eigenvalue weighted by atomic mass is 10.2. The lowest BCUT2D eigenvalue weighted by molar-refractivity contribution is 0.0954. The quantitative estimate of drug-likeness (QED) is 0.500. The molecule has 0 saturated carbocycles. The van der Waals surface area contributed by atoms with Crippen LogP contribution in [0.15, 0.2) is 65.3 Å². The second-order valence-corrected chi connectivity index (χ2v) is 6.67. The van der Waals surface area contributed by atoms with Crippen LogP contribution in [0.2, 0.25) is 0 Å². The van der Waals surface area contributed by atoms with Crippen LogP contribution in [0, 0.1) is 0 Å². The van der Waals surface area contributed by atoms with Crippen LogP contribution in [-0.2, 0) is 17.6 Å². The number of hydrogen-bond acceptors (Lipinski definition) is 5. The van der Waals surface area contributed by atoms with E-state index in [1.807, 2.05) is 47.4 Å². The molecule has 0 saturated heterocycles. The van der Waals surface area contributed by atoms with Crippen LogP contribution in [-0.4, -0.2) is 40.9 Å². The number of oxazole rings is 1. The van der Waals surface area contributed by atoms with Crippen molar-refractivity contribution in [1.82, 2.24) is 20.1 Å². The fourth-order valence-corrected chi connectivity index (χ4v) is 3.04. The fraction of sp³-hybridized carbons (Fsp3) is 0.227. The molecule has 2 aromatic carbocycles. The third kappa shape index (κ3) is 4.52. The lowest BCUT2D eigenvalue weighted by Gasteiger charge is -2.04. The van der Waals surface area contributed by atoms with Crippen LogP contribution in [0.4, 0.5) is 0 Å². The number of benzene rings is 2. The van der Waals surface area contributed by atoms with E-state index < -0.39 is 0 Å². The Morgan fingerprint density at radius 3 is 2.86 bits per heavy atom. The predicted molar refractivity (Wildman–Crippen MR) is 109 cm³/mol. The van der Waals surface area contributed by atoms with E-state index >= 15 is 0 Å². The van der Waals surface area contributed by atoms with Crippen LogP contribution < -0.4 is 5.32 Å². The average Bonchev–Trinajstić information content (AvgIpc) is 3.39. The van der Waals surface area contributed by atoms with Crippen molar-refractivity contribution in [3.63, 3.8) is 0 Å². The first-order chi connectivity index (χ1) is 14.2. The van der Waals surface area contributed by atoms with Gasteiger partial charge in [0.05, 0.1) is 18.5 Å². The standard InChI is InChI=1S/C22H22N4O3/c1-28-12-10-21-25-19-8-7-17(13-20(19)29-21)22(27)23-11-9-16-14-24-26(15-16)18-5-3-2-4-6-18/h2-8,13-15H,9-12H2,1H3,(H,23,27). The van der Waals surface area contributed by atoms with Gasteiger partial charge in [-0.1, -0.05) is 18.2 Å². The molecule has 2 heterocycles. The van der Waals surface area contributed by atoms with E-state index in [2.05, 4.69) is 15.4 Å². The van der Waals surface area contributed by atoms with Gasteiger partial charge < -0.3 is 14.5 Å². The molecule has 2 aromatic heterocycles. The molecule has 0 bridgehead atoms. The van der Waals surface area contributed by atoms with E-state index in [4.69, 9.17) is 9.15 Å². The Morgan fingerprint density at radius 1 is 1.17 bits per heavy atom. The normalized spacial score (nSPS) is 11.1. The molecule has 7 heteroatoms. The van der Waals surface area contributed by atoms with Gasteiger partial charge in [-0.2, -0.15) is 5.10 Å². The summed E-state index contributed by atoms with van der Waals surface area (Å²) in [4.78, 5) is 16.9. The van der Waals surface area contributed by atoms with Crippen LogP contribution in [0.1, 0.15) is 21.8 Å². The molecule has 0 unspecified atom stereocenters. The number of amides is 1. The molecule has 0 aliphatic rings. The highest BCUT2D eigenvalue weighted by Gasteiger charge is 2.11. The first kappa shape index (κ1) is 18.9. The third-order valence-corrected chi connectivity index (χ3v) is 4.57. The summed E-state index contributed by atoms with van der Waals surface area (Å²) < 4.78 is 12.6. The van der Waals surface area contributed by atoms with E-state index in [9.17, 15) is 4.79 Å². The fourth-order valence-electron chi connectivity index (χ4n) is 3.04. The molecule has 0 spiro atoms. The van der Waals surface area contributed by atoms with Crippen molar-refractivity contribution in [2.75, 3.05) is 20.3 Å². The average molecular weight is 390 g/mol. The SMILES string of the molecule is COCCc1nc2ccc(C(=O)NCCc3cnn(-c4ccccc4)c3)cc2o1. The van der Waals surface area contributed by atoms with E-state index in [1.54, 1.807) is 25.3 Å². The summed E-state index contributed by atoms with van der Waals surface area (Å²) in [5.74, 6) is 0.465. The van der Waals surface area contributed by atoms with Crippen LogP contribution in [0.3, 0.4) is 0 Å². The topological polar surface area (TPSA) is 82.2 Å². The van der Waals surface area contributed by atoms with E-state index in [0.29, 0.717) is 43.0 Å². The summed E-state index contributed by atoms with van der Waals surface area (Å²) in [5, 5.41) is 7.32. The smallest absolute Gasteiger partial charge is 0.251 e. The van der Waals surface area contributed by atoms with Crippen molar-refractivity contribution in [2.24, 2.45) is 0 Å². The second kappa shape index (κ2) is 8.70. The molecule has 0 aliphatic carbocycles. The summed E-state index contributed by atoms with van der Waals surface area (Å²) in [5.41, 5.74) is 3.96. The summed E-state index contributed by atoms with van der Waals surface area (Å²) in [6.45, 7) is 1.06. The zero-order valence-electron chi connectivity index (χ0n) is 16.2. The highest BCUT2D eigenvalue weighted by molar-refractivity contribution is 5.97. The molecular weight excluding hydrogens is 368 g/mol. The first-order valence-electron chi connectivity index (χ1n) is 9.48. The third-order valence-electron chi connectivity index (χ3n) is 4.57. The molecule has 0 radical (unpaired) electrons. The minimum atomic E-state index is -0.141. The number of ether oxygens (including phenoxy) is 1. The van der Waals surface area contributed by atoms with E-state index in [-0.39, 0.29) is 5.91 Å². The van der Waals surface area contributed by atoms with Gasteiger partial charge in [-0.15, -0.1) is 0 Å². The van der Waals surface area contributed by atoms with Gasteiger partial charge in [0.15, 0.2) is 11.5 Å². The van der Waals surface area contributed by atoms with Gasteiger partial charge in [-0.05, 0) is 42.3 Å². The van der Waals surface area contributed by atoms with Gasteiger partial charge in [-0.3, -0.25) is 4.79 Å². The van der Waals surface area contributed by atoms with Gasteiger partial charge in [0, 0.05) is 31.8 Å². The monoisotopic (exact) mass is 390 g/mol. The number of rotatable bonds is 8. The summed E-state index contributed by atoms with van der Waals surface area (Å²) in [6.07, 6.45) is 5.10. The van der Waals surface area contributed by atoms with Crippen molar-refractivity contribution in [3.05, 3.63) is 77.9 Å².